The molecule has 1 N–H and O–H groups in total. The van der Waals surface area contributed by atoms with Crippen LogP contribution < -0.4 is 5.32 Å². The van der Waals surface area contributed by atoms with E-state index in [1.54, 1.807) is 0 Å². The highest BCUT2D eigenvalue weighted by molar-refractivity contribution is 6.31. The molecule has 2 rings (SSSR count). The first-order chi connectivity index (χ1) is 8.97. The lowest BCUT2D eigenvalue weighted by atomic mass is 10.0. The predicted octanol–water partition coefficient (Wildman–Crippen LogP) is 5.44. The highest BCUT2D eigenvalue weighted by Gasteiger charge is 2.09. The van der Waals surface area contributed by atoms with Crippen LogP contribution in [0.3, 0.4) is 0 Å². The predicted molar refractivity (Wildman–Crippen MR) is 84.1 cm³/mol. The second kappa shape index (κ2) is 5.66. The van der Waals surface area contributed by atoms with Crippen molar-refractivity contribution in [1.82, 2.24) is 0 Å². The Morgan fingerprint density at radius 3 is 2.26 bits per heavy atom. The van der Waals surface area contributed by atoms with Gasteiger partial charge in [0.05, 0.1) is 0 Å². The Morgan fingerprint density at radius 1 is 1.00 bits per heavy atom. The van der Waals surface area contributed by atoms with Crippen molar-refractivity contribution in [2.45, 2.75) is 33.7 Å². The van der Waals surface area contributed by atoms with Gasteiger partial charge < -0.3 is 5.32 Å². The summed E-state index contributed by atoms with van der Waals surface area (Å²) in [6.45, 7) is 8.48. The number of hydrogen-bond acceptors (Lipinski definition) is 1. The second-order valence-electron chi connectivity index (χ2n) is 5.20. The highest BCUT2D eigenvalue weighted by atomic mass is 35.5. The zero-order chi connectivity index (χ0) is 14.0. The Kier molecular flexibility index (Phi) is 4.16. The Hall–Kier alpha value is -1.47. The van der Waals surface area contributed by atoms with Gasteiger partial charge in [0.2, 0.25) is 0 Å². The summed E-state index contributed by atoms with van der Waals surface area (Å²) in [4.78, 5) is 0. The number of aryl methyl sites for hydroxylation is 2. The van der Waals surface area contributed by atoms with Crippen molar-refractivity contribution in [1.29, 1.82) is 0 Å². The molecule has 0 saturated heterocycles. The van der Waals surface area contributed by atoms with Crippen molar-refractivity contribution in [2.75, 3.05) is 5.32 Å². The lowest BCUT2D eigenvalue weighted by molar-refractivity contribution is 0.878. The molecule has 1 nitrogen and oxygen atoms in total. The van der Waals surface area contributed by atoms with Crippen LogP contribution in [0.1, 0.15) is 35.2 Å². The van der Waals surface area contributed by atoms with E-state index in [1.165, 1.54) is 16.7 Å². The summed E-state index contributed by atoms with van der Waals surface area (Å²) < 4.78 is 0. The quantitative estimate of drug-likeness (QED) is 0.785. The smallest absolute Gasteiger partial charge is 0.0485 e. The molecule has 2 heteroatoms. The van der Waals surface area contributed by atoms with Crippen LogP contribution in [-0.4, -0.2) is 0 Å². The molecular formula is C17H20ClN. The third-order valence-electron chi connectivity index (χ3n) is 3.38. The minimum Gasteiger partial charge on any atom is -0.378 e. The summed E-state index contributed by atoms with van der Waals surface area (Å²) in [5.74, 6) is 0. The Labute approximate surface area is 120 Å². The van der Waals surface area contributed by atoms with Crippen molar-refractivity contribution >= 4 is 17.3 Å². The molecule has 2 aromatic rings. The summed E-state index contributed by atoms with van der Waals surface area (Å²) in [5.41, 5.74) is 6.09. The minimum atomic E-state index is 0.260. The van der Waals surface area contributed by atoms with Crippen molar-refractivity contribution in [3.63, 3.8) is 0 Å². The van der Waals surface area contributed by atoms with E-state index >= 15 is 0 Å². The number of nitrogens with one attached hydrogen (secondary N) is 1. The molecule has 0 spiro atoms. The van der Waals surface area contributed by atoms with Gasteiger partial charge in [-0.25, -0.2) is 0 Å². The molecule has 0 aromatic heterocycles. The molecule has 0 aliphatic rings. The van der Waals surface area contributed by atoms with E-state index < -0.39 is 0 Å². The summed E-state index contributed by atoms with van der Waals surface area (Å²) in [7, 11) is 0. The second-order valence-corrected chi connectivity index (χ2v) is 5.61. The maximum atomic E-state index is 6.15. The standard InChI is InChI=1S/C17H20ClN/c1-11-8-12(2)10-15(9-11)14(4)19-17-7-5-6-16(18)13(17)3/h5-10,14,19H,1-4H3. The summed E-state index contributed by atoms with van der Waals surface area (Å²) in [6.07, 6.45) is 0. The summed E-state index contributed by atoms with van der Waals surface area (Å²) >= 11 is 6.15. The van der Waals surface area contributed by atoms with Crippen LogP contribution in [0.4, 0.5) is 5.69 Å². The minimum absolute atomic E-state index is 0.260. The lowest BCUT2D eigenvalue weighted by Crippen LogP contribution is -2.08. The van der Waals surface area contributed by atoms with Crippen LogP contribution in [-0.2, 0) is 0 Å². The van der Waals surface area contributed by atoms with Crippen LogP contribution in [0.15, 0.2) is 36.4 Å². The van der Waals surface area contributed by atoms with E-state index in [1.807, 2.05) is 19.1 Å². The van der Waals surface area contributed by atoms with Gasteiger partial charge in [-0.2, -0.15) is 0 Å². The number of halogens is 1. The highest BCUT2D eigenvalue weighted by Crippen LogP contribution is 2.27. The number of anilines is 1. The van der Waals surface area contributed by atoms with Gasteiger partial charge in [0.1, 0.15) is 0 Å². The number of rotatable bonds is 3. The van der Waals surface area contributed by atoms with Gasteiger partial charge in [-0.1, -0.05) is 47.0 Å². The first-order valence-corrected chi connectivity index (χ1v) is 6.95. The van der Waals surface area contributed by atoms with Crippen LogP contribution >= 0.6 is 11.6 Å². The molecule has 0 fully saturated rings. The van der Waals surface area contributed by atoms with Crippen LogP contribution in [0.5, 0.6) is 0 Å². The van der Waals surface area contributed by atoms with E-state index in [0.29, 0.717) is 0 Å². The molecule has 0 radical (unpaired) electrons. The molecule has 19 heavy (non-hydrogen) atoms. The van der Waals surface area contributed by atoms with Crippen LogP contribution in [0.2, 0.25) is 5.02 Å². The van der Waals surface area contributed by atoms with Crippen LogP contribution in [0.25, 0.3) is 0 Å². The number of hydrogen-bond donors (Lipinski definition) is 1. The molecule has 0 aliphatic heterocycles. The molecule has 100 valence electrons. The average Bonchev–Trinajstić information content (AvgIpc) is 2.33. The van der Waals surface area contributed by atoms with Gasteiger partial charge in [-0.3, -0.25) is 0 Å². The molecule has 0 amide bonds. The molecule has 0 heterocycles. The molecule has 0 saturated carbocycles. The van der Waals surface area contributed by atoms with Gasteiger partial charge in [0.25, 0.3) is 0 Å². The van der Waals surface area contributed by atoms with Crippen molar-refractivity contribution in [2.24, 2.45) is 0 Å². The fourth-order valence-corrected chi connectivity index (χ4v) is 2.51. The van der Waals surface area contributed by atoms with E-state index in [2.05, 4.69) is 50.4 Å². The van der Waals surface area contributed by atoms with Gasteiger partial charge >= 0.3 is 0 Å². The maximum absolute atomic E-state index is 6.15. The number of benzene rings is 2. The summed E-state index contributed by atoms with van der Waals surface area (Å²) in [5, 5.41) is 4.34. The molecule has 0 bridgehead atoms. The molecule has 1 unspecified atom stereocenters. The fraction of sp³-hybridized carbons (Fsp3) is 0.294. The lowest BCUT2D eigenvalue weighted by Gasteiger charge is -2.19. The van der Waals surface area contributed by atoms with E-state index in [-0.39, 0.29) is 6.04 Å². The monoisotopic (exact) mass is 273 g/mol. The van der Waals surface area contributed by atoms with E-state index in [0.717, 1.165) is 16.3 Å². The normalized spacial score (nSPS) is 12.3. The molecule has 2 aromatic carbocycles. The fourth-order valence-electron chi connectivity index (χ4n) is 2.34. The van der Waals surface area contributed by atoms with Gasteiger partial charge in [-0.05, 0) is 51.0 Å². The Bertz CT molecular complexity index is 570. The first-order valence-electron chi connectivity index (χ1n) is 6.57. The van der Waals surface area contributed by atoms with Crippen molar-refractivity contribution in [3.05, 3.63) is 63.7 Å². The van der Waals surface area contributed by atoms with Crippen molar-refractivity contribution in [3.8, 4) is 0 Å². The Morgan fingerprint density at radius 2 is 1.63 bits per heavy atom. The third-order valence-corrected chi connectivity index (χ3v) is 3.79. The third kappa shape index (κ3) is 3.30. The molecular weight excluding hydrogens is 254 g/mol. The first kappa shape index (κ1) is 14.0. The van der Waals surface area contributed by atoms with Gasteiger partial charge in [0, 0.05) is 16.8 Å². The Balaban J connectivity index is 2.25. The zero-order valence-electron chi connectivity index (χ0n) is 11.9. The average molecular weight is 274 g/mol. The largest absolute Gasteiger partial charge is 0.378 e. The maximum Gasteiger partial charge on any atom is 0.0485 e. The van der Waals surface area contributed by atoms with E-state index in [9.17, 15) is 0 Å². The van der Waals surface area contributed by atoms with Gasteiger partial charge in [-0.15, -0.1) is 0 Å². The topological polar surface area (TPSA) is 12.0 Å². The van der Waals surface area contributed by atoms with Crippen LogP contribution in [0, 0.1) is 20.8 Å². The van der Waals surface area contributed by atoms with Crippen molar-refractivity contribution < 1.29 is 0 Å². The zero-order valence-corrected chi connectivity index (χ0v) is 12.7. The van der Waals surface area contributed by atoms with Gasteiger partial charge in [0.15, 0.2) is 0 Å². The summed E-state index contributed by atoms with van der Waals surface area (Å²) in [6, 6.07) is 12.9. The SMILES string of the molecule is Cc1cc(C)cc(C(C)Nc2cccc(Cl)c2C)c1. The molecule has 0 aliphatic carbocycles. The molecule has 1 atom stereocenters. The van der Waals surface area contributed by atoms with E-state index in [4.69, 9.17) is 11.6 Å².